The van der Waals surface area contributed by atoms with E-state index in [2.05, 4.69) is 16.0 Å². The van der Waals surface area contributed by atoms with E-state index in [1.54, 1.807) is 0 Å². The van der Waals surface area contributed by atoms with Crippen LogP contribution in [0.4, 0.5) is 0 Å². The van der Waals surface area contributed by atoms with Crippen LogP contribution < -0.4 is 16.0 Å². The zero-order valence-electron chi connectivity index (χ0n) is 35.1. The fourth-order valence-corrected chi connectivity index (χ4v) is 8.23. The van der Waals surface area contributed by atoms with Gasteiger partial charge in [-0.3, -0.25) is 14.4 Å². The Labute approximate surface area is 369 Å². The molecule has 5 aliphatic heterocycles. The lowest BCUT2D eigenvalue weighted by molar-refractivity contribution is -0.378. The largest absolute Gasteiger partial charge is 0.394 e. The van der Waals surface area contributed by atoms with Crippen molar-refractivity contribution in [1.82, 2.24) is 16.0 Å². The standard InChI is InChI=1S/C36H61N3O26/c1-9(45)37-17-28(21(49)13(5-41)57-32(17)56)62-33-18(38-10(2)46)30(23(51)14(6-42)58-33)64-36-27(55)31(24(52)16(8-44)61-36)65-34-19(39-11(3)47)29(22(50)15(7-43)59-34)63-35-26(54)25(53)20(48)12(4-40)60-35/h12-36,40-44,48-56H,4-8H2,1-3H3,(H,37,45)(H,38,46)(H,39,47)/t12-,13-,14-,15-,16-,17-,18-,19-,20+,21+,22-,23-,24+,25+,26-,27-,28-,29-,30-,31+,32?,33+,34+,35+,36+/m1/s1. The third-order valence-corrected chi connectivity index (χ3v) is 11.5. The molecular formula is C36H61N3O26. The first-order valence-electron chi connectivity index (χ1n) is 20.6. The predicted molar refractivity (Wildman–Crippen MR) is 201 cm³/mol. The van der Waals surface area contributed by atoms with E-state index in [1.807, 2.05) is 0 Å². The topological polar surface area (TPSA) is 454 Å². The summed E-state index contributed by atoms with van der Waals surface area (Å²) in [5.74, 6) is -2.36. The van der Waals surface area contributed by atoms with E-state index in [4.69, 9.17) is 42.6 Å². The van der Waals surface area contributed by atoms with E-state index in [1.165, 1.54) is 0 Å². The summed E-state index contributed by atoms with van der Waals surface area (Å²) in [6, 6.07) is -4.95. The number of ether oxygens (including phenoxy) is 9. The molecule has 1 unspecified atom stereocenters. The van der Waals surface area contributed by atoms with Crippen LogP contribution in [-0.2, 0) is 57.0 Å². The van der Waals surface area contributed by atoms with Gasteiger partial charge >= 0.3 is 0 Å². The molecule has 25 atom stereocenters. The number of hydrogen-bond acceptors (Lipinski definition) is 26. The highest BCUT2D eigenvalue weighted by atomic mass is 16.8. The van der Waals surface area contributed by atoms with E-state index in [0.717, 1.165) is 20.8 Å². The molecule has 29 nitrogen and oxygen atoms in total. The van der Waals surface area contributed by atoms with Crippen LogP contribution in [0.5, 0.6) is 0 Å². The van der Waals surface area contributed by atoms with Crippen molar-refractivity contribution in [2.24, 2.45) is 0 Å². The molecule has 0 saturated carbocycles. The summed E-state index contributed by atoms with van der Waals surface area (Å²) in [6.07, 6.45) is -40.6. The Morgan fingerprint density at radius 1 is 0.369 bits per heavy atom. The van der Waals surface area contributed by atoms with Gasteiger partial charge in [0.1, 0.15) is 122 Å². The van der Waals surface area contributed by atoms with Gasteiger partial charge in [0.2, 0.25) is 17.7 Å². The summed E-state index contributed by atoms with van der Waals surface area (Å²) in [5, 5.41) is 156. The van der Waals surface area contributed by atoms with Crippen molar-refractivity contribution in [2.75, 3.05) is 33.0 Å². The molecule has 29 heteroatoms. The number of aliphatic hydroxyl groups excluding tert-OH is 14. The molecule has 376 valence electrons. The van der Waals surface area contributed by atoms with Gasteiger partial charge in [0.15, 0.2) is 31.5 Å². The molecule has 3 amide bonds. The maximum Gasteiger partial charge on any atom is 0.217 e. The van der Waals surface area contributed by atoms with E-state index < -0.39 is 204 Å². The number of aliphatic hydroxyl groups is 14. The van der Waals surface area contributed by atoms with Crippen LogP contribution >= 0.6 is 0 Å². The molecule has 0 radical (unpaired) electrons. The molecule has 0 spiro atoms. The molecular weight excluding hydrogens is 890 g/mol. The van der Waals surface area contributed by atoms with Crippen LogP contribution in [-0.4, -0.2) is 276 Å². The van der Waals surface area contributed by atoms with Gasteiger partial charge in [-0.2, -0.15) is 0 Å². The molecule has 17 N–H and O–H groups in total. The van der Waals surface area contributed by atoms with Gasteiger partial charge in [0.05, 0.1) is 33.0 Å². The second-order valence-corrected chi connectivity index (χ2v) is 16.2. The Kier molecular flexibility index (Phi) is 19.1. The summed E-state index contributed by atoms with van der Waals surface area (Å²) in [6.45, 7) is -1.54. The quantitative estimate of drug-likeness (QED) is 0.0683. The van der Waals surface area contributed by atoms with Crippen LogP contribution in [0, 0.1) is 0 Å². The molecule has 65 heavy (non-hydrogen) atoms. The average Bonchev–Trinajstić information content (AvgIpc) is 3.25. The molecule has 0 aromatic heterocycles. The smallest absolute Gasteiger partial charge is 0.217 e. The lowest BCUT2D eigenvalue weighted by atomic mass is 9.93. The summed E-state index contributed by atoms with van der Waals surface area (Å²) in [5.41, 5.74) is 0. The van der Waals surface area contributed by atoms with Gasteiger partial charge in [-0.05, 0) is 0 Å². The number of carbonyl (C=O) groups is 3. The van der Waals surface area contributed by atoms with E-state index in [-0.39, 0.29) is 0 Å². The summed E-state index contributed by atoms with van der Waals surface area (Å²) in [7, 11) is 0. The van der Waals surface area contributed by atoms with E-state index in [9.17, 15) is 85.9 Å². The van der Waals surface area contributed by atoms with Crippen molar-refractivity contribution < 1.29 is 129 Å². The van der Waals surface area contributed by atoms with Crippen LogP contribution in [0.25, 0.3) is 0 Å². The van der Waals surface area contributed by atoms with Gasteiger partial charge in [-0.1, -0.05) is 0 Å². The Bertz CT molecular complexity index is 1560. The van der Waals surface area contributed by atoms with Crippen LogP contribution in [0.2, 0.25) is 0 Å². The highest BCUT2D eigenvalue weighted by Crippen LogP contribution is 2.36. The molecule has 0 aromatic carbocycles. The van der Waals surface area contributed by atoms with Crippen molar-refractivity contribution in [1.29, 1.82) is 0 Å². The Morgan fingerprint density at radius 3 is 1.06 bits per heavy atom. The highest BCUT2D eigenvalue weighted by molar-refractivity contribution is 5.74. The van der Waals surface area contributed by atoms with Crippen LogP contribution in [0.15, 0.2) is 0 Å². The first-order chi connectivity index (χ1) is 30.7. The minimum Gasteiger partial charge on any atom is -0.394 e. The lowest BCUT2D eigenvalue weighted by Gasteiger charge is -2.51. The zero-order valence-corrected chi connectivity index (χ0v) is 35.1. The second-order valence-electron chi connectivity index (χ2n) is 16.2. The first-order valence-corrected chi connectivity index (χ1v) is 20.6. The van der Waals surface area contributed by atoms with Crippen molar-refractivity contribution in [2.45, 2.75) is 174 Å². The number of nitrogens with one attached hydrogen (secondary N) is 3. The Morgan fingerprint density at radius 2 is 0.662 bits per heavy atom. The van der Waals surface area contributed by atoms with E-state index >= 15 is 0 Å². The third-order valence-electron chi connectivity index (χ3n) is 11.5. The Hall–Kier alpha value is -2.51. The fourth-order valence-electron chi connectivity index (χ4n) is 8.23. The van der Waals surface area contributed by atoms with Gasteiger partial charge in [0.25, 0.3) is 0 Å². The summed E-state index contributed by atoms with van der Waals surface area (Å²) < 4.78 is 51.7. The van der Waals surface area contributed by atoms with Gasteiger partial charge in [-0.25, -0.2) is 0 Å². The van der Waals surface area contributed by atoms with Gasteiger partial charge < -0.3 is 130 Å². The minimum absolute atomic E-state index is 0.725. The van der Waals surface area contributed by atoms with Crippen LogP contribution in [0.1, 0.15) is 20.8 Å². The van der Waals surface area contributed by atoms with Crippen molar-refractivity contribution >= 4 is 17.7 Å². The fraction of sp³-hybridized carbons (Fsp3) is 0.917. The molecule has 0 bridgehead atoms. The van der Waals surface area contributed by atoms with E-state index in [0.29, 0.717) is 0 Å². The average molecular weight is 952 g/mol. The number of amides is 3. The van der Waals surface area contributed by atoms with Gasteiger partial charge in [0, 0.05) is 20.8 Å². The van der Waals surface area contributed by atoms with Crippen LogP contribution in [0.3, 0.4) is 0 Å². The predicted octanol–water partition coefficient (Wildman–Crippen LogP) is -11.5. The monoisotopic (exact) mass is 951 g/mol. The normalized spacial score (nSPS) is 47.1. The maximum atomic E-state index is 12.6. The summed E-state index contributed by atoms with van der Waals surface area (Å²) in [4.78, 5) is 37.3. The minimum atomic E-state index is -2.21. The summed E-state index contributed by atoms with van der Waals surface area (Å²) >= 11 is 0. The zero-order chi connectivity index (χ0) is 48.2. The maximum absolute atomic E-state index is 12.6. The molecule has 0 aromatic rings. The molecule has 0 aliphatic carbocycles. The first kappa shape index (κ1) is 53.4. The van der Waals surface area contributed by atoms with Crippen molar-refractivity contribution in [3.63, 3.8) is 0 Å². The lowest BCUT2D eigenvalue weighted by Crippen LogP contribution is -2.71. The number of carbonyl (C=O) groups excluding carboxylic acids is 3. The van der Waals surface area contributed by atoms with Gasteiger partial charge in [-0.15, -0.1) is 0 Å². The third kappa shape index (κ3) is 11.9. The SMILES string of the molecule is CC(=O)N[C@H]1[C@H](O[C@H]2[C@@H](O)[C@@H](CO)O[C@@H](O[C@H]3[C@H](O)[C@@H](CO)O[C@@H](O[C@H]4[C@@H](O)[C@@H](CO)OC(O)[C@@H]4NC(C)=O)[C@@H]3NC(C)=O)[C@@H]2O)O[C@H](CO)[C@@H](O)[C@@H]1O[C@@H]1O[C@H](CO)[C@H](O)[C@H](O)[C@H]1O. The highest BCUT2D eigenvalue weighted by Gasteiger charge is 2.57. The number of hydrogen-bond donors (Lipinski definition) is 17. The molecule has 5 aliphatic rings. The molecule has 5 saturated heterocycles. The molecule has 5 fully saturated rings. The van der Waals surface area contributed by atoms with Crippen molar-refractivity contribution in [3.8, 4) is 0 Å². The number of rotatable bonds is 16. The van der Waals surface area contributed by atoms with Crippen molar-refractivity contribution in [3.05, 3.63) is 0 Å². The Balaban J connectivity index is 1.46. The second kappa shape index (κ2) is 23.2. The molecule has 5 rings (SSSR count). The molecule has 5 heterocycles.